The van der Waals surface area contributed by atoms with E-state index in [1.807, 2.05) is 0 Å². The van der Waals surface area contributed by atoms with E-state index in [1.165, 1.54) is 24.7 Å². The summed E-state index contributed by atoms with van der Waals surface area (Å²) in [5.74, 6) is 0. The molecule has 2 rings (SSSR count). The maximum Gasteiger partial charge on any atom is 0.306 e. The second kappa shape index (κ2) is 5.19. The van der Waals surface area contributed by atoms with Crippen LogP contribution in [0.2, 0.25) is 0 Å². The minimum atomic E-state index is -2.60. The van der Waals surface area contributed by atoms with Gasteiger partial charge in [-0.3, -0.25) is 9.89 Å². The molecule has 21 heavy (non-hydrogen) atoms. The van der Waals surface area contributed by atoms with Crippen molar-refractivity contribution in [2.24, 2.45) is 7.05 Å². The molecule has 0 spiro atoms. The summed E-state index contributed by atoms with van der Waals surface area (Å²) in [6.07, 6.45) is -2.60. The average molecular weight is 297 g/mol. The normalized spacial score (nSPS) is 11.2. The summed E-state index contributed by atoms with van der Waals surface area (Å²) in [6.45, 7) is 4.75. The van der Waals surface area contributed by atoms with Crippen LogP contribution in [0.5, 0.6) is 0 Å². The molecule has 0 aliphatic heterocycles. The lowest BCUT2D eigenvalue weighted by molar-refractivity contribution is 0.150. The van der Waals surface area contributed by atoms with Crippen LogP contribution in [0.3, 0.4) is 0 Å². The fourth-order valence-electron chi connectivity index (χ4n) is 2.36. The molecule has 0 amide bonds. The third-order valence-electron chi connectivity index (χ3n) is 3.40. The van der Waals surface area contributed by atoms with E-state index in [0.29, 0.717) is 22.5 Å². The highest BCUT2D eigenvalue weighted by Gasteiger charge is 2.20. The molecule has 8 heteroatoms. The van der Waals surface area contributed by atoms with Gasteiger partial charge in [-0.25, -0.2) is 13.9 Å². The summed E-state index contributed by atoms with van der Waals surface area (Å²) >= 11 is 0. The van der Waals surface area contributed by atoms with Crippen LogP contribution in [0.4, 0.5) is 8.78 Å². The van der Waals surface area contributed by atoms with Crippen molar-refractivity contribution in [3.05, 3.63) is 44.4 Å². The molecule has 0 fully saturated rings. The summed E-state index contributed by atoms with van der Waals surface area (Å²) in [4.78, 5) is 3.70. The summed E-state index contributed by atoms with van der Waals surface area (Å²) in [6, 6.07) is 1.37. The zero-order chi connectivity index (χ0) is 15.9. The molecule has 0 aliphatic carbocycles. The number of H-pyrrole nitrogens is 1. The van der Waals surface area contributed by atoms with Gasteiger partial charge in [0.1, 0.15) is 12.7 Å². The second-order valence-electron chi connectivity index (χ2n) is 4.88. The Morgan fingerprint density at radius 2 is 1.90 bits per heavy atom. The lowest BCUT2D eigenvalue weighted by atomic mass is 10.1. The van der Waals surface area contributed by atoms with Gasteiger partial charge < -0.3 is 10.4 Å². The van der Waals surface area contributed by atoms with Gasteiger partial charge in [0, 0.05) is 11.3 Å². The predicted octanol–water partition coefficient (Wildman–Crippen LogP) is 2.05. The van der Waals surface area contributed by atoms with Crippen molar-refractivity contribution in [3.63, 3.8) is 0 Å². The van der Waals surface area contributed by atoms with Crippen molar-refractivity contribution < 1.29 is 8.78 Å². The Bertz CT molecular complexity index is 758. The van der Waals surface area contributed by atoms with Crippen LogP contribution < -0.4 is 10.4 Å². The van der Waals surface area contributed by atoms with E-state index in [2.05, 4.69) is 10.1 Å². The zero-order valence-electron chi connectivity index (χ0n) is 12.1. The largest absolute Gasteiger partial charge is 0.712 e. The van der Waals surface area contributed by atoms with Crippen molar-refractivity contribution in [1.29, 1.82) is 0 Å². The molecule has 1 N–H and O–H groups in total. The number of hydrogen-bond acceptors (Lipinski definition) is 3. The van der Waals surface area contributed by atoms with Crippen molar-refractivity contribution >= 4 is 0 Å². The predicted molar refractivity (Wildman–Crippen MR) is 74.2 cm³/mol. The molecule has 0 radical (unpaired) electrons. The molecule has 2 aromatic heterocycles. The van der Waals surface area contributed by atoms with Crippen molar-refractivity contribution in [1.82, 2.24) is 19.7 Å². The number of rotatable bonds is 2. The lowest BCUT2D eigenvalue weighted by Crippen LogP contribution is -2.28. The number of pyridine rings is 1. The standard InChI is InChI=1S/C13H15F2N4O2/c1-6-5-9(12(14)15)8(3)16-10(6)11-7(2)13(19(20)21)18(4)17-11/h5,12,17H,1-4H3/q-1. The van der Waals surface area contributed by atoms with Gasteiger partial charge in [0.25, 0.3) is 6.43 Å². The van der Waals surface area contributed by atoms with Gasteiger partial charge in [0.15, 0.2) is 0 Å². The number of nitrogens with zero attached hydrogens (tertiary/aromatic N) is 3. The van der Waals surface area contributed by atoms with E-state index in [-0.39, 0.29) is 16.7 Å². The van der Waals surface area contributed by atoms with Crippen LogP contribution in [0.1, 0.15) is 28.8 Å². The number of hydrogen-bond donors (Lipinski definition) is 1. The third-order valence-corrected chi connectivity index (χ3v) is 3.40. The van der Waals surface area contributed by atoms with Crippen molar-refractivity contribution in [2.45, 2.75) is 27.2 Å². The first-order chi connectivity index (χ1) is 9.73. The topological polar surface area (TPSA) is 82.7 Å². The lowest BCUT2D eigenvalue weighted by Gasteiger charge is -2.10. The smallest absolute Gasteiger partial charge is 0.306 e. The Kier molecular flexibility index (Phi) is 3.71. The SMILES string of the molecule is Cc1cc(C(F)F)c(C)nc1-c1[nH]n(C)c(=[N+]([O-])[O-])c1C. The number of aryl methyl sites for hydroxylation is 3. The number of aromatic nitrogens is 3. The van der Waals surface area contributed by atoms with E-state index in [9.17, 15) is 19.2 Å². The fourth-order valence-corrected chi connectivity index (χ4v) is 2.36. The van der Waals surface area contributed by atoms with E-state index >= 15 is 0 Å². The summed E-state index contributed by atoms with van der Waals surface area (Å²) in [5.41, 5.74) is 1.87. The molecule has 0 bridgehead atoms. The molecule has 0 saturated carbocycles. The molecule has 0 aliphatic rings. The summed E-state index contributed by atoms with van der Waals surface area (Å²) in [7, 11) is 1.52. The van der Waals surface area contributed by atoms with Crippen LogP contribution in [-0.2, 0) is 7.05 Å². The minimum absolute atomic E-state index is 0.0817. The Morgan fingerprint density at radius 3 is 2.38 bits per heavy atom. The first-order valence-electron chi connectivity index (χ1n) is 6.23. The molecular weight excluding hydrogens is 282 g/mol. The van der Waals surface area contributed by atoms with Gasteiger partial charge in [-0.1, -0.05) is 0 Å². The van der Waals surface area contributed by atoms with Gasteiger partial charge in [-0.05, 0) is 32.4 Å². The number of halogens is 2. The Hall–Kier alpha value is -2.38. The second-order valence-corrected chi connectivity index (χ2v) is 4.88. The van der Waals surface area contributed by atoms with Crippen LogP contribution in [0, 0.1) is 31.2 Å². The van der Waals surface area contributed by atoms with E-state index in [4.69, 9.17) is 0 Å². The zero-order valence-corrected chi connectivity index (χ0v) is 12.1. The van der Waals surface area contributed by atoms with Gasteiger partial charge in [0.05, 0.1) is 11.3 Å². The highest BCUT2D eigenvalue weighted by Crippen LogP contribution is 2.28. The molecule has 114 valence electrons. The Labute approximate surface area is 119 Å². The van der Waals surface area contributed by atoms with E-state index < -0.39 is 11.3 Å². The van der Waals surface area contributed by atoms with Gasteiger partial charge in [-0.15, -0.1) is 0 Å². The van der Waals surface area contributed by atoms with Gasteiger partial charge in [-0.2, -0.15) is 4.68 Å². The first kappa shape index (κ1) is 15.0. The molecule has 0 saturated heterocycles. The number of aromatic amines is 1. The Balaban J connectivity index is 2.73. The van der Waals surface area contributed by atoms with Gasteiger partial charge in [0.2, 0.25) is 0 Å². The minimum Gasteiger partial charge on any atom is -0.712 e. The number of alkyl halides is 2. The number of nitrogens with one attached hydrogen (secondary N) is 1. The van der Waals surface area contributed by atoms with Crippen molar-refractivity contribution in [3.8, 4) is 11.4 Å². The molecule has 0 aromatic carbocycles. The molecule has 2 aromatic rings. The average Bonchev–Trinajstić information content (AvgIpc) is 2.66. The van der Waals surface area contributed by atoms with Gasteiger partial charge >= 0.3 is 5.49 Å². The summed E-state index contributed by atoms with van der Waals surface area (Å²) in [5, 5.41) is 24.9. The molecular formula is C13H15F2N4O2-. The van der Waals surface area contributed by atoms with Crippen LogP contribution >= 0.6 is 0 Å². The monoisotopic (exact) mass is 297 g/mol. The molecule has 2 heterocycles. The first-order valence-corrected chi connectivity index (χ1v) is 6.23. The molecule has 0 atom stereocenters. The Morgan fingerprint density at radius 1 is 1.29 bits per heavy atom. The third kappa shape index (κ3) is 2.48. The summed E-state index contributed by atoms with van der Waals surface area (Å²) < 4.78 is 27.0. The van der Waals surface area contributed by atoms with E-state index in [0.717, 1.165) is 0 Å². The molecule has 0 unspecified atom stereocenters. The highest BCUT2D eigenvalue weighted by molar-refractivity contribution is 5.62. The highest BCUT2D eigenvalue weighted by atomic mass is 19.3. The van der Waals surface area contributed by atoms with Crippen molar-refractivity contribution in [2.75, 3.05) is 0 Å². The maximum absolute atomic E-state index is 12.9. The quantitative estimate of drug-likeness (QED) is 0.861. The fraction of sp³-hybridized carbons (Fsp3) is 0.385. The van der Waals surface area contributed by atoms with E-state index in [1.54, 1.807) is 13.8 Å². The molecule has 6 nitrogen and oxygen atoms in total. The van der Waals surface area contributed by atoms with Crippen LogP contribution in [0.25, 0.3) is 11.4 Å². The van der Waals surface area contributed by atoms with Crippen LogP contribution in [-0.4, -0.2) is 14.8 Å². The van der Waals surface area contributed by atoms with Crippen LogP contribution in [0.15, 0.2) is 6.07 Å². The maximum atomic E-state index is 12.9.